The van der Waals surface area contributed by atoms with Gasteiger partial charge < -0.3 is 31.2 Å². The fourth-order valence-corrected chi connectivity index (χ4v) is 5.12. The van der Waals surface area contributed by atoms with Gasteiger partial charge in [-0.25, -0.2) is 19.0 Å². The molecular weight excluding hydrogens is 668 g/mol. The molecule has 0 aliphatic carbocycles. The predicted octanol–water partition coefficient (Wildman–Crippen LogP) is 7.26. The van der Waals surface area contributed by atoms with Crippen LogP contribution in [0.1, 0.15) is 11.4 Å². The van der Waals surface area contributed by atoms with Crippen LogP contribution in [0.15, 0.2) is 118 Å². The van der Waals surface area contributed by atoms with Crippen molar-refractivity contribution in [2.24, 2.45) is 20.5 Å². The highest BCUT2D eigenvalue weighted by Gasteiger charge is 2.17. The van der Waals surface area contributed by atoms with Crippen molar-refractivity contribution in [2.75, 3.05) is 24.7 Å². The molecule has 6 aromatic rings. The van der Waals surface area contributed by atoms with Gasteiger partial charge in [0.15, 0.2) is 36.2 Å². The maximum atomic E-state index is 11.4. The van der Waals surface area contributed by atoms with Crippen LogP contribution in [0, 0.1) is 13.8 Å². The predicted molar refractivity (Wildman–Crippen MR) is 192 cm³/mol. The van der Waals surface area contributed by atoms with E-state index in [1.165, 1.54) is 0 Å². The summed E-state index contributed by atoms with van der Waals surface area (Å²) in [7, 11) is 0. The number of ether oxygens (including phenoxy) is 2. The smallest absolute Gasteiger partial charge is 0.341 e. The Morgan fingerprint density at radius 3 is 1.37 bits per heavy atom. The lowest BCUT2D eigenvalue weighted by Crippen LogP contribution is -2.09. The number of aromatic nitrogens is 4. The molecular formula is C36H32N10O6. The van der Waals surface area contributed by atoms with Gasteiger partial charge in [-0.15, -0.1) is 20.5 Å². The van der Waals surface area contributed by atoms with E-state index in [9.17, 15) is 19.8 Å². The standard InChI is InChI=1S/C36H32N10O6/c1-21-33(35(37)45(43-21)25-9-5-3-6-10-25)41-39-27-15-13-23(17-29(27)51-19-31(47)48)24-14-16-28(30(18-24)52-20-32(49)50)40-42-34-22(2)44-46(36(34)38)26-11-7-4-8-12-26/h3-18H,19-20,37-38H2,1-2H3,(H,47,48)(H,49,50). The maximum absolute atomic E-state index is 11.4. The lowest BCUT2D eigenvalue weighted by molar-refractivity contribution is -0.140. The van der Waals surface area contributed by atoms with E-state index in [1.807, 2.05) is 60.7 Å². The third-order valence-electron chi connectivity index (χ3n) is 7.60. The molecule has 0 spiro atoms. The van der Waals surface area contributed by atoms with Crippen molar-refractivity contribution >= 4 is 46.3 Å². The van der Waals surface area contributed by atoms with Crippen LogP contribution in [0.25, 0.3) is 22.5 Å². The summed E-state index contributed by atoms with van der Waals surface area (Å²) in [5.41, 5.74) is 17.6. The highest BCUT2D eigenvalue weighted by atomic mass is 16.5. The van der Waals surface area contributed by atoms with Gasteiger partial charge >= 0.3 is 11.9 Å². The number of benzene rings is 4. The Bertz CT molecular complexity index is 2150. The summed E-state index contributed by atoms with van der Waals surface area (Å²) in [4.78, 5) is 22.9. The Balaban J connectivity index is 1.32. The second-order valence-electron chi connectivity index (χ2n) is 11.3. The number of carbonyl (C=O) groups is 2. The second kappa shape index (κ2) is 15.0. The molecule has 0 unspecified atom stereocenters. The molecule has 0 amide bonds. The fraction of sp³-hybridized carbons (Fsp3) is 0.111. The van der Waals surface area contributed by atoms with Crippen molar-refractivity contribution in [1.29, 1.82) is 0 Å². The Kier molecular flexibility index (Phi) is 9.98. The minimum atomic E-state index is -1.19. The quantitative estimate of drug-likeness (QED) is 0.0880. The summed E-state index contributed by atoms with van der Waals surface area (Å²) < 4.78 is 14.3. The van der Waals surface area contributed by atoms with Gasteiger partial charge in [0, 0.05) is 0 Å². The number of rotatable bonds is 13. The highest BCUT2D eigenvalue weighted by Crippen LogP contribution is 2.40. The van der Waals surface area contributed by atoms with E-state index in [0.717, 1.165) is 11.4 Å². The SMILES string of the molecule is Cc1nn(-c2ccccc2)c(N)c1N=Nc1ccc(-c2ccc(N=Nc3c(C)nn(-c4ccccc4)c3N)c(OCC(=O)O)c2)cc1OCC(=O)O. The van der Waals surface area contributed by atoms with E-state index in [2.05, 4.69) is 30.7 Å². The first-order chi connectivity index (χ1) is 25.1. The molecule has 2 heterocycles. The van der Waals surface area contributed by atoms with Gasteiger partial charge in [-0.05, 0) is 73.5 Å². The summed E-state index contributed by atoms with van der Waals surface area (Å²) in [5.74, 6) is -1.61. The van der Waals surface area contributed by atoms with Gasteiger partial charge in [0.2, 0.25) is 0 Å². The van der Waals surface area contributed by atoms with Crippen LogP contribution in [0.4, 0.5) is 34.4 Å². The van der Waals surface area contributed by atoms with Gasteiger partial charge in [0.25, 0.3) is 0 Å². The summed E-state index contributed by atoms with van der Waals surface area (Å²) in [6.07, 6.45) is 0. The molecule has 16 heteroatoms. The molecule has 6 N–H and O–H groups in total. The number of anilines is 2. The molecule has 0 atom stereocenters. The second-order valence-corrected chi connectivity index (χ2v) is 11.3. The average molecular weight is 701 g/mol. The molecule has 0 aliphatic heterocycles. The number of nitrogen functional groups attached to an aromatic ring is 2. The molecule has 0 saturated carbocycles. The first-order valence-electron chi connectivity index (χ1n) is 15.7. The van der Waals surface area contributed by atoms with Crippen molar-refractivity contribution in [3.63, 3.8) is 0 Å². The monoisotopic (exact) mass is 700 g/mol. The zero-order chi connectivity index (χ0) is 36.8. The molecule has 0 saturated heterocycles. The zero-order valence-electron chi connectivity index (χ0n) is 27.9. The summed E-state index contributed by atoms with van der Waals surface area (Å²) in [6, 6.07) is 28.4. The largest absolute Gasteiger partial charge is 0.480 e. The van der Waals surface area contributed by atoms with Crippen molar-refractivity contribution in [2.45, 2.75) is 13.8 Å². The molecule has 4 aromatic carbocycles. The highest BCUT2D eigenvalue weighted by molar-refractivity contribution is 5.75. The van der Waals surface area contributed by atoms with Crippen LogP contribution in [0.2, 0.25) is 0 Å². The van der Waals surface area contributed by atoms with Gasteiger partial charge in [0.1, 0.15) is 22.9 Å². The zero-order valence-corrected chi connectivity index (χ0v) is 27.9. The van der Waals surface area contributed by atoms with Crippen molar-refractivity contribution in [3.8, 4) is 34.0 Å². The van der Waals surface area contributed by atoms with Gasteiger partial charge in [-0.2, -0.15) is 10.2 Å². The minimum Gasteiger partial charge on any atom is -0.480 e. The van der Waals surface area contributed by atoms with E-state index >= 15 is 0 Å². The Labute approximate surface area is 296 Å². The summed E-state index contributed by atoms with van der Waals surface area (Å²) >= 11 is 0. The molecule has 52 heavy (non-hydrogen) atoms. The van der Waals surface area contributed by atoms with Crippen LogP contribution >= 0.6 is 0 Å². The average Bonchev–Trinajstić information content (AvgIpc) is 3.60. The number of nitrogens with zero attached hydrogens (tertiary/aromatic N) is 8. The number of hydrogen-bond acceptors (Lipinski definition) is 12. The molecule has 0 fully saturated rings. The minimum absolute atomic E-state index is 0.119. The number of hydrogen-bond donors (Lipinski definition) is 4. The summed E-state index contributed by atoms with van der Waals surface area (Å²) in [6.45, 7) is 2.20. The number of para-hydroxylation sites is 2. The van der Waals surface area contributed by atoms with E-state index in [-0.39, 0.29) is 34.5 Å². The Morgan fingerprint density at radius 2 is 1.00 bits per heavy atom. The summed E-state index contributed by atoms with van der Waals surface area (Å²) in [5, 5.41) is 44.9. The Hall–Kier alpha value is -7.36. The number of nitrogens with two attached hydrogens (primary N) is 2. The first-order valence-corrected chi connectivity index (χ1v) is 15.7. The number of carboxylic acid groups (broad SMARTS) is 2. The molecule has 16 nitrogen and oxygen atoms in total. The van der Waals surface area contributed by atoms with Gasteiger partial charge in [0.05, 0.1) is 22.8 Å². The number of carboxylic acids is 2. The van der Waals surface area contributed by atoms with E-state index in [4.69, 9.17) is 20.9 Å². The Morgan fingerprint density at radius 1 is 0.615 bits per heavy atom. The number of aryl methyl sites for hydroxylation is 2. The number of aliphatic carboxylic acids is 2. The van der Waals surface area contributed by atoms with E-state index in [0.29, 0.717) is 33.9 Å². The van der Waals surface area contributed by atoms with Gasteiger partial charge in [-0.1, -0.05) is 48.5 Å². The molecule has 2 aromatic heterocycles. The molecule has 262 valence electrons. The van der Waals surface area contributed by atoms with E-state index < -0.39 is 25.2 Å². The normalized spacial score (nSPS) is 11.3. The third kappa shape index (κ3) is 7.60. The van der Waals surface area contributed by atoms with Crippen molar-refractivity contribution < 1.29 is 29.3 Å². The van der Waals surface area contributed by atoms with Gasteiger partial charge in [-0.3, -0.25) is 0 Å². The fourth-order valence-electron chi connectivity index (χ4n) is 5.12. The van der Waals surface area contributed by atoms with Crippen LogP contribution in [0.5, 0.6) is 11.5 Å². The lowest BCUT2D eigenvalue weighted by atomic mass is 10.0. The van der Waals surface area contributed by atoms with Crippen LogP contribution < -0.4 is 20.9 Å². The van der Waals surface area contributed by atoms with Crippen LogP contribution in [-0.4, -0.2) is 54.9 Å². The maximum Gasteiger partial charge on any atom is 0.341 e. The number of azo groups is 2. The van der Waals surface area contributed by atoms with Crippen molar-refractivity contribution in [3.05, 3.63) is 108 Å². The van der Waals surface area contributed by atoms with E-state index in [1.54, 1.807) is 59.6 Å². The lowest BCUT2D eigenvalue weighted by Gasteiger charge is -2.12. The molecule has 0 aliphatic rings. The van der Waals surface area contributed by atoms with Crippen LogP contribution in [-0.2, 0) is 9.59 Å². The molecule has 0 radical (unpaired) electrons. The first kappa shape index (κ1) is 34.5. The van der Waals surface area contributed by atoms with Crippen molar-refractivity contribution in [1.82, 2.24) is 19.6 Å². The third-order valence-corrected chi connectivity index (χ3v) is 7.60. The topological polar surface area (TPSA) is 230 Å². The van der Waals surface area contributed by atoms with Crippen LogP contribution in [0.3, 0.4) is 0 Å². The molecule has 0 bridgehead atoms. The molecule has 6 rings (SSSR count).